The number of anilines is 1. The predicted molar refractivity (Wildman–Crippen MR) is 56.9 cm³/mol. The third-order valence-electron chi connectivity index (χ3n) is 2.18. The first kappa shape index (κ1) is 12.5. The molecular weight excluding hydrogens is 253 g/mol. The highest BCUT2D eigenvalue weighted by Crippen LogP contribution is 2.18. The number of hydrogen-bond donors (Lipinski definition) is 1. The average molecular weight is 262 g/mol. The molecule has 0 fully saturated rings. The molecule has 0 atom stereocenters. The van der Waals surface area contributed by atoms with Crippen LogP contribution in [0.2, 0.25) is 0 Å². The molecule has 0 saturated carbocycles. The summed E-state index contributed by atoms with van der Waals surface area (Å²) >= 11 is 0. The Morgan fingerprint density at radius 2 is 2.11 bits per heavy atom. The molecule has 1 aromatic carbocycles. The largest absolute Gasteiger partial charge is 0.421 e. The molecule has 5 nitrogen and oxygen atoms in total. The first-order chi connectivity index (χ1) is 8.37. The summed E-state index contributed by atoms with van der Waals surface area (Å²) in [4.78, 5) is 11.4. The Morgan fingerprint density at radius 3 is 2.78 bits per heavy atom. The standard InChI is InChI=1S/C10H9F3N2O3/c11-10(12,13)4-17-5-15-7-3-6(14)1-2-8(7)18-9(15)16/h1-3H,4-5,14H2. The van der Waals surface area contributed by atoms with Crippen molar-refractivity contribution < 1.29 is 22.3 Å². The van der Waals surface area contributed by atoms with Gasteiger partial charge in [-0.3, -0.25) is 0 Å². The molecule has 8 heteroatoms. The van der Waals surface area contributed by atoms with Crippen molar-refractivity contribution in [2.45, 2.75) is 12.9 Å². The van der Waals surface area contributed by atoms with Gasteiger partial charge in [0.1, 0.15) is 13.3 Å². The van der Waals surface area contributed by atoms with Crippen LogP contribution in [-0.4, -0.2) is 17.4 Å². The summed E-state index contributed by atoms with van der Waals surface area (Å²) in [5.41, 5.74) is 6.42. The van der Waals surface area contributed by atoms with Crippen LogP contribution in [0.4, 0.5) is 18.9 Å². The van der Waals surface area contributed by atoms with Crippen molar-refractivity contribution in [3.63, 3.8) is 0 Å². The molecule has 18 heavy (non-hydrogen) atoms. The van der Waals surface area contributed by atoms with Crippen LogP contribution >= 0.6 is 0 Å². The number of hydrogen-bond acceptors (Lipinski definition) is 4. The van der Waals surface area contributed by atoms with Gasteiger partial charge in [0.15, 0.2) is 5.58 Å². The van der Waals surface area contributed by atoms with E-state index in [1.165, 1.54) is 18.2 Å². The van der Waals surface area contributed by atoms with Crippen molar-refractivity contribution >= 4 is 16.8 Å². The topological polar surface area (TPSA) is 70.4 Å². The van der Waals surface area contributed by atoms with Crippen molar-refractivity contribution in [2.24, 2.45) is 0 Å². The number of nitrogens with zero attached hydrogens (tertiary/aromatic N) is 1. The number of alkyl halides is 3. The first-order valence-electron chi connectivity index (χ1n) is 4.90. The van der Waals surface area contributed by atoms with Gasteiger partial charge in [-0.2, -0.15) is 13.2 Å². The van der Waals surface area contributed by atoms with Crippen molar-refractivity contribution in [3.05, 3.63) is 28.7 Å². The number of fused-ring (bicyclic) bond motifs is 1. The van der Waals surface area contributed by atoms with Crippen LogP contribution in [-0.2, 0) is 11.5 Å². The molecule has 1 heterocycles. The summed E-state index contributed by atoms with van der Waals surface area (Å²) < 4.78 is 45.9. The summed E-state index contributed by atoms with van der Waals surface area (Å²) in [6, 6.07) is 4.41. The number of rotatable bonds is 3. The SMILES string of the molecule is Nc1ccc2oc(=O)n(COCC(F)(F)F)c2c1. The maximum Gasteiger partial charge on any atom is 0.421 e. The van der Waals surface area contributed by atoms with Gasteiger partial charge in [0, 0.05) is 5.69 Å². The number of benzene rings is 1. The number of oxazole rings is 1. The molecule has 0 aliphatic heterocycles. The highest BCUT2D eigenvalue weighted by atomic mass is 19.4. The van der Waals surface area contributed by atoms with E-state index in [0.29, 0.717) is 11.2 Å². The third-order valence-corrected chi connectivity index (χ3v) is 2.18. The second-order valence-corrected chi connectivity index (χ2v) is 3.62. The quantitative estimate of drug-likeness (QED) is 0.855. The molecule has 0 radical (unpaired) electrons. The summed E-state index contributed by atoms with van der Waals surface area (Å²) in [7, 11) is 0. The molecule has 2 rings (SSSR count). The predicted octanol–water partition coefficient (Wildman–Crippen LogP) is 1.71. The second kappa shape index (κ2) is 4.37. The van der Waals surface area contributed by atoms with E-state index >= 15 is 0 Å². The van der Waals surface area contributed by atoms with Crippen LogP contribution in [0.3, 0.4) is 0 Å². The Balaban J connectivity index is 2.25. The molecule has 0 saturated heterocycles. The molecule has 0 bridgehead atoms. The molecule has 2 aromatic rings. The van der Waals surface area contributed by atoms with Crippen LogP contribution in [0.5, 0.6) is 0 Å². The molecule has 0 aliphatic rings. The first-order valence-corrected chi connectivity index (χ1v) is 4.90. The fourth-order valence-electron chi connectivity index (χ4n) is 1.45. The van der Waals surface area contributed by atoms with Gasteiger partial charge >= 0.3 is 11.9 Å². The Labute approximate surface area is 98.5 Å². The number of ether oxygens (including phenoxy) is 1. The van der Waals surface area contributed by atoms with E-state index in [-0.39, 0.29) is 5.58 Å². The Hall–Kier alpha value is -1.96. The minimum atomic E-state index is -4.44. The average Bonchev–Trinajstić information content (AvgIpc) is 2.54. The van der Waals surface area contributed by atoms with Crippen molar-refractivity contribution in [1.82, 2.24) is 4.57 Å². The summed E-state index contributed by atoms with van der Waals surface area (Å²) in [6.07, 6.45) is -4.44. The Kier molecular flexibility index (Phi) is 3.04. The van der Waals surface area contributed by atoms with E-state index in [1.807, 2.05) is 0 Å². The van der Waals surface area contributed by atoms with Crippen LogP contribution in [0.15, 0.2) is 27.4 Å². The van der Waals surface area contributed by atoms with Gasteiger partial charge in [-0.15, -0.1) is 0 Å². The Morgan fingerprint density at radius 1 is 1.39 bits per heavy atom. The molecule has 0 aliphatic carbocycles. The Bertz CT molecular complexity index is 615. The molecule has 1 aromatic heterocycles. The summed E-state index contributed by atoms with van der Waals surface area (Å²) in [5, 5.41) is 0. The smallest absolute Gasteiger partial charge is 0.408 e. The number of nitrogen functional groups attached to an aromatic ring is 1. The van der Waals surface area contributed by atoms with E-state index < -0.39 is 25.3 Å². The zero-order valence-corrected chi connectivity index (χ0v) is 9.03. The van der Waals surface area contributed by atoms with Gasteiger partial charge in [-0.25, -0.2) is 9.36 Å². The van der Waals surface area contributed by atoms with Crippen molar-refractivity contribution in [3.8, 4) is 0 Å². The van der Waals surface area contributed by atoms with Crippen LogP contribution in [0, 0.1) is 0 Å². The van der Waals surface area contributed by atoms with Gasteiger partial charge in [-0.05, 0) is 18.2 Å². The monoisotopic (exact) mass is 262 g/mol. The maximum atomic E-state index is 11.9. The summed E-state index contributed by atoms with van der Waals surface area (Å²) in [6.45, 7) is -1.98. The summed E-state index contributed by atoms with van der Waals surface area (Å²) in [5.74, 6) is -0.794. The molecule has 2 N–H and O–H groups in total. The molecule has 98 valence electrons. The highest BCUT2D eigenvalue weighted by molar-refractivity contribution is 5.76. The number of nitrogens with two attached hydrogens (primary N) is 1. The third kappa shape index (κ3) is 2.65. The molecule has 0 spiro atoms. The van der Waals surface area contributed by atoms with Crippen LogP contribution < -0.4 is 11.5 Å². The fourth-order valence-corrected chi connectivity index (χ4v) is 1.45. The number of halogens is 3. The van der Waals surface area contributed by atoms with Crippen molar-refractivity contribution in [2.75, 3.05) is 12.3 Å². The van der Waals surface area contributed by atoms with Gasteiger partial charge in [0.05, 0.1) is 5.52 Å². The van der Waals surface area contributed by atoms with Crippen molar-refractivity contribution in [1.29, 1.82) is 0 Å². The zero-order chi connectivity index (χ0) is 13.3. The van der Waals surface area contributed by atoms with E-state index in [2.05, 4.69) is 4.74 Å². The van der Waals surface area contributed by atoms with E-state index in [0.717, 1.165) is 4.57 Å². The highest BCUT2D eigenvalue weighted by Gasteiger charge is 2.27. The minimum absolute atomic E-state index is 0.241. The van der Waals surface area contributed by atoms with E-state index in [1.54, 1.807) is 0 Å². The van der Waals surface area contributed by atoms with E-state index in [9.17, 15) is 18.0 Å². The lowest BCUT2D eigenvalue weighted by Crippen LogP contribution is -2.22. The van der Waals surface area contributed by atoms with Gasteiger partial charge in [0.2, 0.25) is 0 Å². The maximum absolute atomic E-state index is 11.9. The molecular formula is C10H9F3N2O3. The minimum Gasteiger partial charge on any atom is -0.408 e. The zero-order valence-electron chi connectivity index (χ0n) is 9.03. The van der Waals surface area contributed by atoms with Gasteiger partial charge in [0.25, 0.3) is 0 Å². The van der Waals surface area contributed by atoms with Crippen LogP contribution in [0.1, 0.15) is 0 Å². The lowest BCUT2D eigenvalue weighted by Gasteiger charge is -2.07. The lowest BCUT2D eigenvalue weighted by molar-refractivity contribution is -0.181. The second-order valence-electron chi connectivity index (χ2n) is 3.62. The number of aromatic nitrogens is 1. The van der Waals surface area contributed by atoms with Crippen LogP contribution in [0.25, 0.3) is 11.1 Å². The van der Waals surface area contributed by atoms with Gasteiger partial charge in [-0.1, -0.05) is 0 Å². The van der Waals surface area contributed by atoms with Gasteiger partial charge < -0.3 is 14.9 Å². The molecule has 0 unspecified atom stereocenters. The fraction of sp³-hybridized carbons (Fsp3) is 0.300. The molecule has 0 amide bonds. The van der Waals surface area contributed by atoms with E-state index in [4.69, 9.17) is 10.2 Å². The lowest BCUT2D eigenvalue weighted by atomic mass is 10.3. The normalized spacial score (nSPS) is 12.2.